The van der Waals surface area contributed by atoms with Gasteiger partial charge in [0, 0.05) is 5.56 Å². The Hall–Kier alpha value is -3.24. The molecule has 0 atom stereocenters. The van der Waals surface area contributed by atoms with Crippen LogP contribution in [0.1, 0.15) is 11.1 Å². The first kappa shape index (κ1) is 18.8. The summed E-state index contributed by atoms with van der Waals surface area (Å²) >= 11 is 0. The number of ether oxygens (including phenoxy) is 1. The fourth-order valence-electron chi connectivity index (χ4n) is 1.68. The number of hydrogen-bond donors (Lipinski definition) is 0. The molecule has 1 nitrogen and oxygen atoms in total. The van der Waals surface area contributed by atoms with Crippen molar-refractivity contribution >= 4 is 6.08 Å². The number of terminal acetylenes is 1. The fourth-order valence-corrected chi connectivity index (χ4v) is 1.68. The van der Waals surface area contributed by atoms with Gasteiger partial charge in [-0.3, -0.25) is 0 Å². The van der Waals surface area contributed by atoms with Crippen LogP contribution < -0.4 is 4.74 Å². The Morgan fingerprint density at radius 2 is 1.25 bits per heavy atom. The summed E-state index contributed by atoms with van der Waals surface area (Å²) in [5, 5.41) is 0. The van der Waals surface area contributed by atoms with E-state index < -0.39 is 0 Å². The van der Waals surface area contributed by atoms with Crippen molar-refractivity contribution in [1.29, 1.82) is 0 Å². The minimum Gasteiger partial charge on any atom is -0.497 e. The summed E-state index contributed by atoms with van der Waals surface area (Å²) in [5.74, 6) is 3.44. The van der Waals surface area contributed by atoms with Crippen LogP contribution >= 0.6 is 0 Å². The maximum atomic E-state index is 5.10. The number of methoxy groups -OCH3 is 1. The molecule has 0 aliphatic rings. The van der Waals surface area contributed by atoms with Crippen molar-refractivity contribution in [2.24, 2.45) is 0 Å². The van der Waals surface area contributed by atoms with Gasteiger partial charge in [-0.15, -0.1) is 6.42 Å². The van der Waals surface area contributed by atoms with Gasteiger partial charge in [0.1, 0.15) is 5.75 Å². The van der Waals surface area contributed by atoms with E-state index in [9.17, 15) is 0 Å². The van der Waals surface area contributed by atoms with Gasteiger partial charge in [0.15, 0.2) is 0 Å². The smallest absolute Gasteiger partial charge is 0.118 e. The first-order valence-electron chi connectivity index (χ1n) is 7.58. The highest BCUT2D eigenvalue weighted by molar-refractivity contribution is 5.45. The zero-order chi connectivity index (χ0) is 17.5. The molecule has 0 aliphatic carbocycles. The number of para-hydroxylation sites is 1. The van der Waals surface area contributed by atoms with E-state index in [0.717, 1.165) is 11.3 Å². The first-order chi connectivity index (χ1) is 11.8. The minimum atomic E-state index is 0.910. The predicted octanol–water partition coefficient (Wildman–Crippen LogP) is 5.69. The van der Waals surface area contributed by atoms with Crippen molar-refractivity contribution in [3.05, 3.63) is 109 Å². The van der Waals surface area contributed by atoms with Crippen LogP contribution in [-0.4, -0.2) is 7.11 Å². The van der Waals surface area contributed by atoms with Crippen LogP contribution in [0.4, 0.5) is 0 Å². The Bertz CT molecular complexity index is 710. The highest BCUT2D eigenvalue weighted by Crippen LogP contribution is 2.05. The molecule has 0 fully saturated rings. The van der Waals surface area contributed by atoms with Crippen molar-refractivity contribution in [2.45, 2.75) is 0 Å². The molecule has 0 aliphatic heterocycles. The van der Waals surface area contributed by atoms with E-state index in [1.807, 2.05) is 97.1 Å². The lowest BCUT2D eigenvalue weighted by Crippen LogP contribution is -1.78. The quantitative estimate of drug-likeness (QED) is 0.552. The molecular weight excluding hydrogens is 292 g/mol. The summed E-state index contributed by atoms with van der Waals surface area (Å²) < 4.78 is 4.91. The molecule has 0 saturated heterocycles. The average molecular weight is 314 g/mol. The third kappa shape index (κ3) is 8.26. The molecule has 0 N–H and O–H groups in total. The lowest BCUT2D eigenvalue weighted by atomic mass is 10.2. The van der Waals surface area contributed by atoms with Gasteiger partial charge in [-0.2, -0.15) is 0 Å². The van der Waals surface area contributed by atoms with Gasteiger partial charge < -0.3 is 4.74 Å². The molecule has 0 radical (unpaired) electrons. The van der Waals surface area contributed by atoms with Crippen LogP contribution in [-0.2, 0) is 0 Å². The molecule has 0 spiro atoms. The monoisotopic (exact) mass is 314 g/mol. The van der Waals surface area contributed by atoms with E-state index in [0.29, 0.717) is 0 Å². The van der Waals surface area contributed by atoms with Gasteiger partial charge in [0.2, 0.25) is 0 Å². The largest absolute Gasteiger partial charge is 0.497 e. The summed E-state index contributed by atoms with van der Waals surface area (Å²) in [7, 11) is 1.66. The van der Waals surface area contributed by atoms with Gasteiger partial charge in [0.25, 0.3) is 0 Å². The van der Waals surface area contributed by atoms with E-state index in [4.69, 9.17) is 11.2 Å². The summed E-state index contributed by atoms with van der Waals surface area (Å²) in [6, 6.07) is 29.3. The Balaban J connectivity index is 0.000000180. The molecule has 1 heteroatoms. The molecular formula is C23H22O. The Labute approximate surface area is 145 Å². The molecule has 3 rings (SSSR count). The van der Waals surface area contributed by atoms with Gasteiger partial charge in [-0.25, -0.2) is 0 Å². The van der Waals surface area contributed by atoms with E-state index in [1.165, 1.54) is 5.56 Å². The van der Waals surface area contributed by atoms with Crippen LogP contribution in [0.5, 0.6) is 5.75 Å². The number of rotatable bonds is 2. The maximum absolute atomic E-state index is 5.10. The normalized spacial score (nSPS) is 8.33. The zero-order valence-corrected chi connectivity index (χ0v) is 13.9. The third-order valence-corrected chi connectivity index (χ3v) is 2.95. The standard InChI is InChI=1S/C8H8.C8H6.C7H8O/c2*1-2-8-6-4-3-5-7-8;1-8-7-5-3-2-4-6-7/h2-7H,1H2;1,3-7H;2-6H,1H3. The summed E-state index contributed by atoms with van der Waals surface area (Å²) in [4.78, 5) is 0. The van der Waals surface area contributed by atoms with E-state index >= 15 is 0 Å². The summed E-state index contributed by atoms with van der Waals surface area (Å²) in [6.07, 6.45) is 6.93. The lowest BCUT2D eigenvalue weighted by molar-refractivity contribution is 0.415. The van der Waals surface area contributed by atoms with Crippen LogP contribution in [0.2, 0.25) is 0 Å². The molecule has 0 heterocycles. The third-order valence-electron chi connectivity index (χ3n) is 2.95. The number of benzene rings is 3. The van der Waals surface area contributed by atoms with Crippen molar-refractivity contribution in [3.8, 4) is 18.1 Å². The van der Waals surface area contributed by atoms with Crippen molar-refractivity contribution < 1.29 is 4.74 Å². The van der Waals surface area contributed by atoms with E-state index in [-0.39, 0.29) is 0 Å². The van der Waals surface area contributed by atoms with Gasteiger partial charge in [0.05, 0.1) is 7.11 Å². The molecule has 0 aromatic heterocycles. The fraction of sp³-hybridized carbons (Fsp3) is 0.0435. The van der Waals surface area contributed by atoms with E-state index in [2.05, 4.69) is 12.5 Å². The number of hydrogen-bond acceptors (Lipinski definition) is 1. The molecule has 0 amide bonds. The molecule has 0 saturated carbocycles. The van der Waals surface area contributed by atoms with Gasteiger partial charge in [-0.05, 0) is 29.8 Å². The molecule has 3 aromatic rings. The second-order valence-corrected chi connectivity index (χ2v) is 4.64. The molecule has 0 unspecified atom stereocenters. The molecule has 3 aromatic carbocycles. The summed E-state index contributed by atoms with van der Waals surface area (Å²) in [6.45, 7) is 3.63. The SMILES string of the molecule is C#Cc1ccccc1.C=Cc1ccccc1.COc1ccccc1. The maximum Gasteiger partial charge on any atom is 0.118 e. The lowest BCUT2D eigenvalue weighted by Gasteiger charge is -1.93. The van der Waals surface area contributed by atoms with Crippen LogP contribution in [0, 0.1) is 12.3 Å². The minimum absolute atomic E-state index is 0.910. The highest BCUT2D eigenvalue weighted by atomic mass is 16.5. The van der Waals surface area contributed by atoms with Crippen molar-refractivity contribution in [2.75, 3.05) is 7.11 Å². The average Bonchev–Trinajstić information content (AvgIpc) is 2.71. The Morgan fingerprint density at radius 3 is 1.54 bits per heavy atom. The topological polar surface area (TPSA) is 9.23 Å². The van der Waals surface area contributed by atoms with Crippen molar-refractivity contribution in [1.82, 2.24) is 0 Å². The van der Waals surface area contributed by atoms with Gasteiger partial charge >= 0.3 is 0 Å². The van der Waals surface area contributed by atoms with E-state index in [1.54, 1.807) is 7.11 Å². The molecule has 120 valence electrons. The second-order valence-electron chi connectivity index (χ2n) is 4.64. The van der Waals surface area contributed by atoms with Crippen LogP contribution in [0.3, 0.4) is 0 Å². The summed E-state index contributed by atoms with van der Waals surface area (Å²) in [5.41, 5.74) is 2.11. The van der Waals surface area contributed by atoms with Crippen LogP contribution in [0.25, 0.3) is 6.08 Å². The second kappa shape index (κ2) is 12.3. The first-order valence-corrected chi connectivity index (χ1v) is 7.58. The zero-order valence-electron chi connectivity index (χ0n) is 13.9. The van der Waals surface area contributed by atoms with Crippen molar-refractivity contribution in [3.63, 3.8) is 0 Å². The Morgan fingerprint density at radius 1 is 0.792 bits per heavy atom. The molecule has 24 heavy (non-hydrogen) atoms. The Kier molecular flexibility index (Phi) is 9.65. The van der Waals surface area contributed by atoms with Gasteiger partial charge in [-0.1, -0.05) is 85.3 Å². The van der Waals surface area contributed by atoms with Crippen LogP contribution in [0.15, 0.2) is 97.6 Å². The highest BCUT2D eigenvalue weighted by Gasteiger charge is 1.80. The molecule has 0 bridgehead atoms. The predicted molar refractivity (Wildman–Crippen MR) is 104 cm³/mol.